The number of carbonyl (C=O) groups is 3. The molecule has 3 N–H and O–H groups in total. The number of ether oxygens (including phenoxy) is 5. The van der Waals surface area contributed by atoms with Gasteiger partial charge in [0.15, 0.2) is 14.5 Å². The minimum absolute atomic E-state index is 0.0369. The van der Waals surface area contributed by atoms with E-state index in [1.54, 1.807) is 44.6 Å². The average molecular weight is 863 g/mol. The molecule has 62 heavy (non-hydrogen) atoms. The molecule has 1 aliphatic rings. The van der Waals surface area contributed by atoms with Crippen LogP contribution < -0.4 is 26.2 Å². The first-order valence-corrected chi connectivity index (χ1v) is 23.2. The van der Waals surface area contributed by atoms with Crippen molar-refractivity contribution >= 4 is 31.9 Å². The van der Waals surface area contributed by atoms with Gasteiger partial charge in [0.05, 0.1) is 20.6 Å². The molecule has 0 bridgehead atoms. The van der Waals surface area contributed by atoms with Crippen molar-refractivity contribution in [3.05, 3.63) is 154 Å². The Kier molecular flexibility index (Phi) is 14.1. The Hall–Kier alpha value is -6.13. The summed E-state index contributed by atoms with van der Waals surface area (Å²) in [5.74, 6) is -0.462. The fourth-order valence-corrected chi connectivity index (χ4v) is 8.29. The van der Waals surface area contributed by atoms with E-state index < -0.39 is 61.9 Å². The summed E-state index contributed by atoms with van der Waals surface area (Å²) in [5.41, 5.74) is 5.81. The highest BCUT2D eigenvalue weighted by Crippen LogP contribution is 2.48. The van der Waals surface area contributed by atoms with E-state index in [0.29, 0.717) is 17.1 Å². The zero-order chi connectivity index (χ0) is 44.7. The number of nitrogens with zero attached hydrogens (tertiary/aromatic N) is 2. The first kappa shape index (κ1) is 45.4. The number of nitrogens with two attached hydrogens (primary N) is 1. The third kappa shape index (κ3) is 10.1. The van der Waals surface area contributed by atoms with Crippen LogP contribution in [0, 0.1) is 0 Å². The monoisotopic (exact) mass is 862 g/mol. The lowest BCUT2D eigenvalue weighted by atomic mass is 9.79. The molecule has 1 aliphatic heterocycles. The molecular formula is C47H54N4O10Si. The summed E-state index contributed by atoms with van der Waals surface area (Å²) in [6.45, 7) is 10.1. The van der Waals surface area contributed by atoms with Gasteiger partial charge >= 0.3 is 11.7 Å². The normalized spacial score (nSPS) is 17.9. The van der Waals surface area contributed by atoms with E-state index in [4.69, 9.17) is 33.8 Å². The number of methoxy groups -OCH3 is 2. The van der Waals surface area contributed by atoms with Gasteiger partial charge in [0.2, 0.25) is 5.91 Å². The number of hydrogen-bond acceptors (Lipinski definition) is 11. The fourth-order valence-electron chi connectivity index (χ4n) is 7.01. The smallest absolute Gasteiger partial charge is 0.351 e. The first-order valence-electron chi connectivity index (χ1n) is 20.3. The van der Waals surface area contributed by atoms with Gasteiger partial charge in [0.1, 0.15) is 47.8 Å². The number of hydrogen-bond donors (Lipinski definition) is 2. The summed E-state index contributed by atoms with van der Waals surface area (Å²) >= 11 is 0. The number of nitrogens with one attached hydrogen (secondary N) is 1. The van der Waals surface area contributed by atoms with Gasteiger partial charge in [-0.15, -0.1) is 0 Å². The number of anilines is 1. The molecule has 4 aromatic carbocycles. The number of esters is 1. The Morgan fingerprint density at radius 1 is 0.774 bits per heavy atom. The van der Waals surface area contributed by atoms with Crippen LogP contribution in [0.3, 0.4) is 0 Å². The van der Waals surface area contributed by atoms with Crippen LogP contribution in [-0.4, -0.2) is 74.8 Å². The second kappa shape index (κ2) is 19.3. The van der Waals surface area contributed by atoms with Crippen molar-refractivity contribution in [2.24, 2.45) is 5.73 Å². The molecule has 5 aromatic rings. The number of carbonyl (C=O) groups excluding carboxylic acids is 3. The summed E-state index contributed by atoms with van der Waals surface area (Å²) in [7, 11) is 0.426. The SMILES string of the molecule is COc1ccc(C(O[C@H]2[C@@H](O[Si](C)(C)C(C)(C)C)[C@H](n3ccc(NC(=O)c4ccccc4)nc3=O)O[C@@H]2COC(=O)CCC(N)=O)(c2ccccc2)c2ccc(OC)cc2)cc1. The van der Waals surface area contributed by atoms with Crippen LogP contribution in [0.1, 0.15) is 66.9 Å². The number of amides is 2. The second-order valence-corrected chi connectivity index (χ2v) is 21.2. The Morgan fingerprint density at radius 2 is 1.32 bits per heavy atom. The minimum atomic E-state index is -2.76. The van der Waals surface area contributed by atoms with Crippen molar-refractivity contribution in [2.75, 3.05) is 26.1 Å². The molecule has 2 heterocycles. The molecule has 6 rings (SSSR count). The van der Waals surface area contributed by atoms with Gasteiger partial charge in [0.25, 0.3) is 5.91 Å². The van der Waals surface area contributed by atoms with Crippen LogP contribution in [0.5, 0.6) is 11.5 Å². The predicted molar refractivity (Wildman–Crippen MR) is 235 cm³/mol. The molecule has 326 valence electrons. The molecule has 1 aromatic heterocycles. The lowest BCUT2D eigenvalue weighted by Gasteiger charge is -2.44. The maximum Gasteiger partial charge on any atom is 0.351 e. The van der Waals surface area contributed by atoms with Gasteiger partial charge in [-0.3, -0.25) is 19.0 Å². The first-order chi connectivity index (χ1) is 29.6. The number of primary amides is 1. The largest absolute Gasteiger partial charge is 0.497 e. The lowest BCUT2D eigenvalue weighted by Crippen LogP contribution is -2.52. The maximum absolute atomic E-state index is 14.1. The molecular weight excluding hydrogens is 809 g/mol. The second-order valence-electron chi connectivity index (χ2n) is 16.5. The van der Waals surface area contributed by atoms with Crippen LogP contribution in [0.25, 0.3) is 0 Å². The van der Waals surface area contributed by atoms with Crippen molar-refractivity contribution in [3.8, 4) is 11.5 Å². The van der Waals surface area contributed by atoms with E-state index in [1.807, 2.05) is 78.9 Å². The number of rotatable bonds is 17. The van der Waals surface area contributed by atoms with Crippen molar-refractivity contribution in [1.29, 1.82) is 0 Å². The highest BCUT2D eigenvalue weighted by atomic mass is 28.4. The standard InChI is InChI=1S/C47H54N4O10Si/c1-46(2,3)62(6,7)61-42-41(60-47(32-16-12-9-13-17-32,33-18-22-35(56-4)23-19-33)34-20-24-36(57-5)25-21-34)37(30-58-40(53)27-26-38(48)52)59-44(42)51-29-28-39(50-45(51)55)49-43(54)31-14-10-8-11-15-31/h8-25,28-29,37,41-42,44H,26-27,30H2,1-7H3,(H2,48,52)(H,49,50,54,55)/t37-,41-,42-,44-/m1/s1. The van der Waals surface area contributed by atoms with E-state index in [1.165, 1.54) is 16.8 Å². The molecule has 15 heteroatoms. The summed E-state index contributed by atoms with van der Waals surface area (Å²) in [6.07, 6.45) is -3.23. The van der Waals surface area contributed by atoms with Crippen molar-refractivity contribution in [2.45, 2.75) is 81.9 Å². The van der Waals surface area contributed by atoms with Gasteiger partial charge in [-0.1, -0.05) is 93.6 Å². The Balaban J connectivity index is 1.53. The molecule has 1 fully saturated rings. The van der Waals surface area contributed by atoms with E-state index >= 15 is 0 Å². The van der Waals surface area contributed by atoms with Crippen LogP contribution >= 0.6 is 0 Å². The third-order valence-corrected chi connectivity index (χ3v) is 15.8. The predicted octanol–water partition coefficient (Wildman–Crippen LogP) is 6.99. The molecule has 0 radical (unpaired) electrons. The van der Waals surface area contributed by atoms with E-state index in [0.717, 1.165) is 16.7 Å². The van der Waals surface area contributed by atoms with Gasteiger partial charge < -0.3 is 39.2 Å². The van der Waals surface area contributed by atoms with E-state index in [-0.39, 0.29) is 30.3 Å². The van der Waals surface area contributed by atoms with Crippen LogP contribution in [0.15, 0.2) is 126 Å². The number of aromatic nitrogens is 2. The minimum Gasteiger partial charge on any atom is -0.497 e. The summed E-state index contributed by atoms with van der Waals surface area (Å²) < 4.78 is 40.0. The average Bonchev–Trinajstić information content (AvgIpc) is 3.58. The highest BCUT2D eigenvalue weighted by Gasteiger charge is 2.55. The maximum atomic E-state index is 14.1. The van der Waals surface area contributed by atoms with Gasteiger partial charge in [-0.2, -0.15) is 4.98 Å². The zero-order valence-electron chi connectivity index (χ0n) is 36.0. The Labute approximate surface area is 362 Å². The highest BCUT2D eigenvalue weighted by molar-refractivity contribution is 6.74. The molecule has 0 spiro atoms. The summed E-state index contributed by atoms with van der Waals surface area (Å²) in [5, 5.41) is 2.38. The van der Waals surface area contributed by atoms with Crippen LogP contribution in [0.4, 0.5) is 5.82 Å². The summed E-state index contributed by atoms with van der Waals surface area (Å²) in [6, 6.07) is 34.8. The van der Waals surface area contributed by atoms with E-state index in [2.05, 4.69) is 44.2 Å². The molecule has 1 saturated heterocycles. The van der Waals surface area contributed by atoms with Crippen molar-refractivity contribution in [1.82, 2.24) is 9.55 Å². The van der Waals surface area contributed by atoms with Crippen LogP contribution in [0.2, 0.25) is 18.1 Å². The topological polar surface area (TPSA) is 180 Å². The van der Waals surface area contributed by atoms with Gasteiger partial charge in [-0.25, -0.2) is 4.79 Å². The number of benzene rings is 4. The van der Waals surface area contributed by atoms with E-state index in [9.17, 15) is 19.2 Å². The van der Waals surface area contributed by atoms with Gasteiger partial charge in [-0.05, 0) is 77.3 Å². The molecule has 4 atom stereocenters. The Bertz CT molecular complexity index is 2320. The molecule has 0 saturated carbocycles. The van der Waals surface area contributed by atoms with Crippen LogP contribution in [-0.2, 0) is 33.8 Å². The van der Waals surface area contributed by atoms with Crippen molar-refractivity contribution < 1.29 is 42.5 Å². The molecule has 2 amide bonds. The molecule has 14 nitrogen and oxygen atoms in total. The quantitative estimate of drug-likeness (QED) is 0.0559. The third-order valence-electron chi connectivity index (χ3n) is 11.4. The molecule has 0 aliphatic carbocycles. The van der Waals surface area contributed by atoms with Crippen molar-refractivity contribution in [3.63, 3.8) is 0 Å². The lowest BCUT2D eigenvalue weighted by molar-refractivity contribution is -0.155. The zero-order valence-corrected chi connectivity index (χ0v) is 37.0. The molecule has 0 unspecified atom stereocenters. The fraction of sp³-hybridized carbons (Fsp3) is 0.340. The van der Waals surface area contributed by atoms with Gasteiger partial charge in [0, 0.05) is 18.2 Å². The summed E-state index contributed by atoms with van der Waals surface area (Å²) in [4.78, 5) is 56.1. The Morgan fingerprint density at radius 3 is 1.84 bits per heavy atom.